The molecule has 4 nitrogen and oxygen atoms in total. The largest absolute Gasteiger partial charge is 0.381 e. The molecule has 2 fully saturated rings. The molecule has 4 heteroatoms. The molecule has 0 aromatic rings. The van der Waals surface area contributed by atoms with Crippen molar-refractivity contribution in [3.63, 3.8) is 0 Å². The molecule has 2 saturated heterocycles. The number of amides is 1. The summed E-state index contributed by atoms with van der Waals surface area (Å²) < 4.78 is 5.38. The van der Waals surface area contributed by atoms with Crippen molar-refractivity contribution in [2.75, 3.05) is 19.8 Å². The van der Waals surface area contributed by atoms with Gasteiger partial charge in [-0.2, -0.15) is 0 Å². The lowest BCUT2D eigenvalue weighted by Crippen LogP contribution is -2.36. The predicted molar refractivity (Wildman–Crippen MR) is 71.1 cm³/mol. The van der Waals surface area contributed by atoms with Gasteiger partial charge in [0.25, 0.3) is 0 Å². The SMILES string of the molecule is CC(C)CC1NC(C)N(CCC2CCOC2)C1=O. The molecule has 0 aromatic heterocycles. The average Bonchev–Trinajstić information content (AvgIpc) is 2.87. The van der Waals surface area contributed by atoms with Crippen LogP contribution in [0.1, 0.15) is 40.0 Å². The van der Waals surface area contributed by atoms with Crippen LogP contribution in [0.25, 0.3) is 0 Å². The number of nitrogens with one attached hydrogen (secondary N) is 1. The van der Waals surface area contributed by atoms with Crippen LogP contribution in [0, 0.1) is 11.8 Å². The second-order valence-corrected chi connectivity index (χ2v) is 6.07. The van der Waals surface area contributed by atoms with Gasteiger partial charge in [-0.05, 0) is 38.0 Å². The van der Waals surface area contributed by atoms with Crippen LogP contribution in [0.2, 0.25) is 0 Å². The van der Waals surface area contributed by atoms with Crippen molar-refractivity contribution >= 4 is 5.91 Å². The molecule has 0 aliphatic carbocycles. The third-order valence-electron chi connectivity index (χ3n) is 4.00. The fourth-order valence-corrected chi connectivity index (χ4v) is 2.92. The number of hydrogen-bond donors (Lipinski definition) is 1. The molecule has 3 atom stereocenters. The number of ether oxygens (including phenoxy) is 1. The first-order chi connectivity index (χ1) is 8.58. The van der Waals surface area contributed by atoms with E-state index in [2.05, 4.69) is 26.1 Å². The van der Waals surface area contributed by atoms with E-state index in [9.17, 15) is 4.79 Å². The molecule has 3 unspecified atom stereocenters. The third-order valence-corrected chi connectivity index (χ3v) is 4.00. The van der Waals surface area contributed by atoms with Crippen LogP contribution in [0.5, 0.6) is 0 Å². The Kier molecular flexibility index (Phi) is 4.62. The summed E-state index contributed by atoms with van der Waals surface area (Å²) in [5, 5.41) is 3.41. The van der Waals surface area contributed by atoms with Crippen LogP contribution in [0.4, 0.5) is 0 Å². The van der Waals surface area contributed by atoms with Crippen molar-refractivity contribution in [1.29, 1.82) is 0 Å². The Balaban J connectivity index is 1.82. The molecule has 1 N–H and O–H groups in total. The molecule has 18 heavy (non-hydrogen) atoms. The van der Waals surface area contributed by atoms with E-state index in [1.54, 1.807) is 0 Å². The first kappa shape index (κ1) is 13.8. The monoisotopic (exact) mass is 254 g/mol. The van der Waals surface area contributed by atoms with Crippen molar-refractivity contribution in [2.45, 2.75) is 52.2 Å². The van der Waals surface area contributed by atoms with Gasteiger partial charge in [0, 0.05) is 19.8 Å². The van der Waals surface area contributed by atoms with Crippen LogP contribution < -0.4 is 5.32 Å². The Labute approximate surface area is 110 Å². The zero-order valence-corrected chi connectivity index (χ0v) is 11.8. The molecule has 2 aliphatic rings. The Morgan fingerprint density at radius 2 is 2.28 bits per heavy atom. The van der Waals surface area contributed by atoms with E-state index in [0.717, 1.165) is 39.0 Å². The van der Waals surface area contributed by atoms with Gasteiger partial charge in [-0.3, -0.25) is 10.1 Å². The lowest BCUT2D eigenvalue weighted by molar-refractivity contribution is -0.130. The van der Waals surface area contributed by atoms with E-state index in [0.29, 0.717) is 11.8 Å². The van der Waals surface area contributed by atoms with E-state index in [1.165, 1.54) is 0 Å². The quantitative estimate of drug-likeness (QED) is 0.810. The first-order valence-corrected chi connectivity index (χ1v) is 7.22. The van der Waals surface area contributed by atoms with E-state index >= 15 is 0 Å². The molecule has 2 aliphatic heterocycles. The summed E-state index contributed by atoms with van der Waals surface area (Å²) in [6.45, 7) is 9.05. The topological polar surface area (TPSA) is 41.6 Å². The predicted octanol–water partition coefficient (Wildman–Crippen LogP) is 1.61. The molecule has 2 heterocycles. The maximum atomic E-state index is 12.3. The van der Waals surface area contributed by atoms with Gasteiger partial charge in [0.15, 0.2) is 0 Å². The molecular formula is C14H26N2O2. The Bertz CT molecular complexity index is 288. The molecule has 1 amide bonds. The minimum absolute atomic E-state index is 0.0276. The highest BCUT2D eigenvalue weighted by molar-refractivity contribution is 5.84. The summed E-state index contributed by atoms with van der Waals surface area (Å²) >= 11 is 0. The van der Waals surface area contributed by atoms with Crippen LogP contribution in [-0.2, 0) is 9.53 Å². The Hall–Kier alpha value is -0.610. The lowest BCUT2D eigenvalue weighted by Gasteiger charge is -2.22. The highest BCUT2D eigenvalue weighted by Gasteiger charge is 2.36. The summed E-state index contributed by atoms with van der Waals surface area (Å²) in [4.78, 5) is 14.3. The summed E-state index contributed by atoms with van der Waals surface area (Å²) in [7, 11) is 0. The molecular weight excluding hydrogens is 228 g/mol. The van der Waals surface area contributed by atoms with Crippen molar-refractivity contribution in [3.05, 3.63) is 0 Å². The molecule has 0 aromatic carbocycles. The molecule has 0 saturated carbocycles. The Morgan fingerprint density at radius 1 is 1.50 bits per heavy atom. The second-order valence-electron chi connectivity index (χ2n) is 6.07. The third kappa shape index (κ3) is 3.23. The van der Waals surface area contributed by atoms with Gasteiger partial charge in [0.05, 0.1) is 12.2 Å². The average molecular weight is 254 g/mol. The fraction of sp³-hybridized carbons (Fsp3) is 0.929. The number of nitrogens with zero attached hydrogens (tertiary/aromatic N) is 1. The minimum atomic E-state index is 0.0276. The van der Waals surface area contributed by atoms with E-state index < -0.39 is 0 Å². The normalized spacial score (nSPS) is 32.8. The van der Waals surface area contributed by atoms with Gasteiger partial charge in [0.2, 0.25) is 5.91 Å². The zero-order valence-electron chi connectivity index (χ0n) is 11.8. The van der Waals surface area contributed by atoms with Gasteiger partial charge >= 0.3 is 0 Å². The molecule has 0 spiro atoms. The number of carbonyl (C=O) groups is 1. The van der Waals surface area contributed by atoms with Crippen molar-refractivity contribution in [2.24, 2.45) is 11.8 Å². The fourth-order valence-electron chi connectivity index (χ4n) is 2.92. The minimum Gasteiger partial charge on any atom is -0.381 e. The van der Waals surface area contributed by atoms with Crippen LogP contribution in [0.3, 0.4) is 0 Å². The maximum absolute atomic E-state index is 12.3. The van der Waals surface area contributed by atoms with E-state index in [4.69, 9.17) is 4.74 Å². The highest BCUT2D eigenvalue weighted by Crippen LogP contribution is 2.21. The van der Waals surface area contributed by atoms with Crippen LogP contribution in [0.15, 0.2) is 0 Å². The van der Waals surface area contributed by atoms with Gasteiger partial charge in [-0.1, -0.05) is 13.8 Å². The smallest absolute Gasteiger partial charge is 0.241 e. The Morgan fingerprint density at radius 3 is 2.89 bits per heavy atom. The number of hydrogen-bond acceptors (Lipinski definition) is 3. The summed E-state index contributed by atoms with van der Waals surface area (Å²) in [6, 6.07) is 0.0276. The lowest BCUT2D eigenvalue weighted by atomic mass is 10.0. The van der Waals surface area contributed by atoms with Crippen molar-refractivity contribution < 1.29 is 9.53 Å². The van der Waals surface area contributed by atoms with Gasteiger partial charge in [-0.25, -0.2) is 0 Å². The number of carbonyl (C=O) groups excluding carboxylic acids is 1. The first-order valence-electron chi connectivity index (χ1n) is 7.22. The summed E-state index contributed by atoms with van der Waals surface area (Å²) in [6.07, 6.45) is 3.35. The number of rotatable bonds is 5. The van der Waals surface area contributed by atoms with E-state index in [1.807, 2.05) is 4.90 Å². The van der Waals surface area contributed by atoms with Crippen LogP contribution in [-0.4, -0.2) is 42.8 Å². The summed E-state index contributed by atoms with van der Waals surface area (Å²) in [5.74, 6) is 1.49. The molecule has 0 radical (unpaired) electrons. The van der Waals surface area contributed by atoms with E-state index in [-0.39, 0.29) is 18.1 Å². The molecule has 104 valence electrons. The maximum Gasteiger partial charge on any atom is 0.241 e. The van der Waals surface area contributed by atoms with Crippen molar-refractivity contribution in [1.82, 2.24) is 10.2 Å². The second kappa shape index (κ2) is 6.02. The highest BCUT2D eigenvalue weighted by atomic mass is 16.5. The van der Waals surface area contributed by atoms with Gasteiger partial charge in [0.1, 0.15) is 0 Å². The summed E-state index contributed by atoms with van der Waals surface area (Å²) in [5.41, 5.74) is 0. The zero-order chi connectivity index (χ0) is 13.1. The van der Waals surface area contributed by atoms with Crippen molar-refractivity contribution in [3.8, 4) is 0 Å². The van der Waals surface area contributed by atoms with Gasteiger partial charge in [-0.15, -0.1) is 0 Å². The standard InChI is InChI=1S/C14H26N2O2/c1-10(2)8-13-14(17)16(11(3)15-13)6-4-12-5-7-18-9-12/h10-13,15H,4-9H2,1-3H3. The molecule has 2 rings (SSSR count). The van der Waals surface area contributed by atoms with Gasteiger partial charge < -0.3 is 9.64 Å². The molecule has 0 bridgehead atoms. The van der Waals surface area contributed by atoms with Crippen LogP contribution >= 0.6 is 0 Å².